The second kappa shape index (κ2) is 6.23. The maximum atomic E-state index is 12.5. The Kier molecular flexibility index (Phi) is 4.63. The fraction of sp³-hybridized carbons (Fsp3) is 0.846. The van der Waals surface area contributed by atoms with E-state index in [1.165, 1.54) is 0 Å². The number of hydrogen-bond acceptors (Lipinski definition) is 3. The molecule has 0 radical (unpaired) electrons. The first-order valence-corrected chi connectivity index (χ1v) is 7.11. The molecule has 2 amide bonds. The number of carbonyl (C=O) groups is 2. The number of piperidine rings is 2. The molecule has 0 aromatic rings. The summed E-state index contributed by atoms with van der Waals surface area (Å²) in [6.45, 7) is 2.06. The van der Waals surface area contributed by atoms with Gasteiger partial charge in [0, 0.05) is 31.7 Å². The van der Waals surface area contributed by atoms with Gasteiger partial charge in [-0.1, -0.05) is 0 Å². The number of urea groups is 1. The van der Waals surface area contributed by atoms with Crippen molar-refractivity contribution in [2.45, 2.75) is 50.6 Å². The maximum Gasteiger partial charge on any atom is 0.320 e. The standard InChI is InChI=1S/C13H23N3O3/c14-10-4-7-15(8-5-10)13(19)16-6-2-1-3-11(16)9-12(17)18/h10-11H,1-9,14H2,(H,17,18). The normalized spacial score (nSPS) is 25.4. The van der Waals surface area contributed by atoms with Crippen molar-refractivity contribution in [3.05, 3.63) is 0 Å². The molecule has 0 aliphatic carbocycles. The molecule has 6 heteroatoms. The van der Waals surface area contributed by atoms with Gasteiger partial charge < -0.3 is 20.6 Å². The van der Waals surface area contributed by atoms with Crippen molar-refractivity contribution in [2.75, 3.05) is 19.6 Å². The molecule has 2 aliphatic heterocycles. The van der Waals surface area contributed by atoms with Gasteiger partial charge in [0.15, 0.2) is 0 Å². The van der Waals surface area contributed by atoms with Crippen LogP contribution in [0.5, 0.6) is 0 Å². The number of likely N-dealkylation sites (tertiary alicyclic amines) is 2. The lowest BCUT2D eigenvalue weighted by Gasteiger charge is -2.40. The van der Waals surface area contributed by atoms with Gasteiger partial charge in [0.05, 0.1) is 6.42 Å². The molecule has 0 aromatic heterocycles. The average Bonchev–Trinajstić information content (AvgIpc) is 2.39. The third-order valence-corrected chi connectivity index (χ3v) is 4.09. The third kappa shape index (κ3) is 3.59. The van der Waals surface area contributed by atoms with E-state index < -0.39 is 5.97 Å². The van der Waals surface area contributed by atoms with Gasteiger partial charge in [-0.05, 0) is 32.1 Å². The van der Waals surface area contributed by atoms with Crippen molar-refractivity contribution in [2.24, 2.45) is 5.73 Å². The van der Waals surface area contributed by atoms with Crippen LogP contribution in [-0.2, 0) is 4.79 Å². The summed E-state index contributed by atoms with van der Waals surface area (Å²) in [5.41, 5.74) is 5.84. The largest absolute Gasteiger partial charge is 0.481 e. The Balaban J connectivity index is 1.96. The molecule has 0 aromatic carbocycles. The molecule has 108 valence electrons. The van der Waals surface area contributed by atoms with Crippen molar-refractivity contribution in [1.82, 2.24) is 9.80 Å². The van der Waals surface area contributed by atoms with Gasteiger partial charge in [-0.3, -0.25) is 4.79 Å². The number of hydrogen-bond donors (Lipinski definition) is 2. The molecule has 2 fully saturated rings. The van der Waals surface area contributed by atoms with Gasteiger partial charge in [0.2, 0.25) is 0 Å². The fourth-order valence-corrected chi connectivity index (χ4v) is 2.94. The SMILES string of the molecule is NC1CCN(C(=O)N2CCCCC2CC(=O)O)CC1. The van der Waals surface area contributed by atoms with Crippen LogP contribution in [0.25, 0.3) is 0 Å². The van der Waals surface area contributed by atoms with Crippen LogP contribution in [0.4, 0.5) is 4.79 Å². The van der Waals surface area contributed by atoms with Crippen LogP contribution in [0.15, 0.2) is 0 Å². The smallest absolute Gasteiger partial charge is 0.320 e. The van der Waals surface area contributed by atoms with Crippen LogP contribution in [0.3, 0.4) is 0 Å². The summed E-state index contributed by atoms with van der Waals surface area (Å²) in [6, 6.07) is 0.0485. The minimum Gasteiger partial charge on any atom is -0.481 e. The molecule has 0 saturated carbocycles. The molecule has 2 heterocycles. The quantitative estimate of drug-likeness (QED) is 0.778. The first-order chi connectivity index (χ1) is 9.08. The van der Waals surface area contributed by atoms with Gasteiger partial charge in [-0.15, -0.1) is 0 Å². The molecule has 1 unspecified atom stereocenters. The van der Waals surface area contributed by atoms with Crippen LogP contribution < -0.4 is 5.73 Å². The molecule has 1 atom stereocenters. The highest BCUT2D eigenvalue weighted by atomic mass is 16.4. The highest BCUT2D eigenvalue weighted by Gasteiger charge is 2.32. The molecular formula is C13H23N3O3. The van der Waals surface area contributed by atoms with Crippen molar-refractivity contribution in [1.29, 1.82) is 0 Å². The van der Waals surface area contributed by atoms with Crippen molar-refractivity contribution < 1.29 is 14.7 Å². The van der Waals surface area contributed by atoms with E-state index >= 15 is 0 Å². The molecule has 2 rings (SSSR count). The van der Waals surface area contributed by atoms with E-state index in [9.17, 15) is 9.59 Å². The fourth-order valence-electron chi connectivity index (χ4n) is 2.94. The summed E-state index contributed by atoms with van der Waals surface area (Å²) in [6.07, 6.45) is 4.50. The number of amides is 2. The lowest BCUT2D eigenvalue weighted by atomic mass is 9.99. The van der Waals surface area contributed by atoms with Crippen molar-refractivity contribution in [3.8, 4) is 0 Å². The monoisotopic (exact) mass is 269 g/mol. The Morgan fingerprint density at radius 1 is 1.11 bits per heavy atom. The number of rotatable bonds is 2. The highest BCUT2D eigenvalue weighted by molar-refractivity contribution is 5.76. The number of aliphatic carboxylic acids is 1. The summed E-state index contributed by atoms with van der Waals surface area (Å²) in [7, 11) is 0. The third-order valence-electron chi connectivity index (χ3n) is 4.09. The van der Waals surface area contributed by atoms with E-state index in [0.29, 0.717) is 19.6 Å². The van der Waals surface area contributed by atoms with Crippen LogP contribution in [0, 0.1) is 0 Å². The van der Waals surface area contributed by atoms with Crippen LogP contribution in [0.2, 0.25) is 0 Å². The molecule has 6 nitrogen and oxygen atoms in total. The number of carboxylic acids is 1. The van der Waals surface area contributed by atoms with Gasteiger partial charge >= 0.3 is 12.0 Å². The minimum atomic E-state index is -0.828. The zero-order chi connectivity index (χ0) is 13.8. The topological polar surface area (TPSA) is 86.9 Å². The van der Waals surface area contributed by atoms with E-state index in [2.05, 4.69) is 0 Å². The van der Waals surface area contributed by atoms with Crippen molar-refractivity contribution in [3.63, 3.8) is 0 Å². The van der Waals surface area contributed by atoms with Crippen LogP contribution in [0.1, 0.15) is 38.5 Å². The van der Waals surface area contributed by atoms with Gasteiger partial charge in [-0.25, -0.2) is 4.79 Å². The predicted molar refractivity (Wildman–Crippen MR) is 70.8 cm³/mol. The average molecular weight is 269 g/mol. The molecular weight excluding hydrogens is 246 g/mol. The Morgan fingerprint density at radius 2 is 1.79 bits per heavy atom. The van der Waals surface area contributed by atoms with Gasteiger partial charge in [0.25, 0.3) is 0 Å². The highest BCUT2D eigenvalue weighted by Crippen LogP contribution is 2.22. The molecule has 3 N–H and O–H groups in total. The molecule has 0 spiro atoms. The zero-order valence-electron chi connectivity index (χ0n) is 11.3. The number of nitrogens with two attached hydrogens (primary N) is 1. The summed E-state index contributed by atoms with van der Waals surface area (Å²) in [5, 5.41) is 8.94. The number of carbonyl (C=O) groups excluding carboxylic acids is 1. The van der Waals surface area contributed by atoms with Crippen LogP contribution in [-0.4, -0.2) is 58.6 Å². The van der Waals surface area contributed by atoms with E-state index in [0.717, 1.165) is 32.1 Å². The molecule has 2 saturated heterocycles. The Labute approximate surface area is 113 Å². The van der Waals surface area contributed by atoms with E-state index in [-0.39, 0.29) is 24.5 Å². The summed E-state index contributed by atoms with van der Waals surface area (Å²) in [5.74, 6) is -0.828. The second-order valence-corrected chi connectivity index (χ2v) is 5.55. The molecule has 0 bridgehead atoms. The first kappa shape index (κ1) is 14.1. The van der Waals surface area contributed by atoms with Crippen LogP contribution >= 0.6 is 0 Å². The molecule has 19 heavy (non-hydrogen) atoms. The Hall–Kier alpha value is -1.30. The predicted octanol–water partition coefficient (Wildman–Crippen LogP) is 0.859. The van der Waals surface area contributed by atoms with Gasteiger partial charge in [0.1, 0.15) is 0 Å². The zero-order valence-corrected chi connectivity index (χ0v) is 11.3. The summed E-state index contributed by atoms with van der Waals surface area (Å²) < 4.78 is 0. The first-order valence-electron chi connectivity index (χ1n) is 7.11. The molecule has 2 aliphatic rings. The summed E-state index contributed by atoms with van der Waals surface area (Å²) >= 11 is 0. The Bertz CT molecular complexity index is 340. The number of nitrogens with zero attached hydrogens (tertiary/aromatic N) is 2. The van der Waals surface area contributed by atoms with Gasteiger partial charge in [-0.2, -0.15) is 0 Å². The lowest BCUT2D eigenvalue weighted by molar-refractivity contribution is -0.138. The van der Waals surface area contributed by atoms with Crippen molar-refractivity contribution >= 4 is 12.0 Å². The summed E-state index contributed by atoms with van der Waals surface area (Å²) in [4.78, 5) is 26.9. The minimum absolute atomic E-state index is 0.00199. The number of carboxylic acid groups (broad SMARTS) is 1. The van der Waals surface area contributed by atoms with E-state index in [1.807, 2.05) is 4.90 Å². The van der Waals surface area contributed by atoms with E-state index in [4.69, 9.17) is 10.8 Å². The van der Waals surface area contributed by atoms with E-state index in [1.54, 1.807) is 4.90 Å². The Morgan fingerprint density at radius 3 is 2.42 bits per heavy atom. The second-order valence-electron chi connectivity index (χ2n) is 5.55. The lowest BCUT2D eigenvalue weighted by Crippen LogP contribution is -2.53. The maximum absolute atomic E-state index is 12.5.